The normalized spacial score (nSPS) is 17.2. The first kappa shape index (κ1) is 43.9. The quantitative estimate of drug-likeness (QED) is 0.218. The van der Waals surface area contributed by atoms with Crippen molar-refractivity contribution in [1.29, 1.82) is 0 Å². The Kier molecular flexibility index (Phi) is 14.0. The van der Waals surface area contributed by atoms with Gasteiger partial charge in [0.15, 0.2) is 0 Å². The van der Waals surface area contributed by atoms with Crippen molar-refractivity contribution in [3.05, 3.63) is 69.8 Å². The summed E-state index contributed by atoms with van der Waals surface area (Å²) in [6.45, 7) is 1.83. The van der Waals surface area contributed by atoms with Gasteiger partial charge in [0, 0.05) is 87.4 Å². The van der Waals surface area contributed by atoms with Crippen LogP contribution in [0.2, 0.25) is 0 Å². The van der Waals surface area contributed by atoms with E-state index in [2.05, 4.69) is 0 Å². The van der Waals surface area contributed by atoms with E-state index in [1.807, 2.05) is 0 Å². The number of hydrogen-bond donors (Lipinski definition) is 2. The number of piperazine rings is 2. The lowest BCUT2D eigenvalue weighted by Gasteiger charge is -2.33. The van der Waals surface area contributed by atoms with E-state index in [0.29, 0.717) is 87.8 Å². The Morgan fingerprint density at radius 3 is 1.11 bits per heavy atom. The highest BCUT2D eigenvalue weighted by Crippen LogP contribution is 2.52. The van der Waals surface area contributed by atoms with E-state index in [-0.39, 0.29) is 39.4 Å². The predicted octanol–water partition coefficient (Wildman–Crippen LogP) is 6.21. The third-order valence-corrected chi connectivity index (χ3v) is 9.88. The Morgan fingerprint density at radius 1 is 0.527 bits per heavy atom. The average Bonchev–Trinajstić information content (AvgIpc) is 3.09. The van der Waals surface area contributed by atoms with Crippen LogP contribution in [0.4, 0.5) is 52.7 Å². The van der Waals surface area contributed by atoms with Crippen molar-refractivity contribution >= 4 is 35.7 Å². The maximum Gasteiger partial charge on any atom is 0.418 e. The van der Waals surface area contributed by atoms with Crippen LogP contribution >= 0.6 is 11.8 Å². The van der Waals surface area contributed by atoms with Gasteiger partial charge in [-0.25, -0.2) is 0 Å². The molecule has 2 amide bonds. The lowest BCUT2D eigenvalue weighted by Crippen LogP contribution is -2.48. The zero-order valence-corrected chi connectivity index (χ0v) is 29.4. The minimum absolute atomic E-state index is 0.0917. The van der Waals surface area contributed by atoms with E-state index in [9.17, 15) is 62.3 Å². The molecule has 8 nitrogen and oxygen atoms in total. The van der Waals surface area contributed by atoms with E-state index in [4.69, 9.17) is 10.2 Å². The number of β-amino-alcohol motifs (C(OH)–C–C–N with tert-alkyl or cyclic N) is 2. The molecule has 0 aliphatic carbocycles. The van der Waals surface area contributed by atoms with Crippen molar-refractivity contribution < 1.29 is 72.5 Å². The van der Waals surface area contributed by atoms with Gasteiger partial charge in [-0.2, -0.15) is 52.7 Å². The van der Waals surface area contributed by atoms with Crippen molar-refractivity contribution in [3.63, 3.8) is 0 Å². The van der Waals surface area contributed by atoms with Gasteiger partial charge in [0.25, 0.3) is 0 Å². The van der Waals surface area contributed by atoms with Gasteiger partial charge in [-0.1, -0.05) is 23.9 Å². The summed E-state index contributed by atoms with van der Waals surface area (Å²) in [4.78, 5) is 28.4. The number of halogens is 12. The van der Waals surface area contributed by atoms with Crippen LogP contribution in [-0.4, -0.2) is 120 Å². The van der Waals surface area contributed by atoms with Gasteiger partial charge in [-0.15, -0.1) is 0 Å². The maximum atomic E-state index is 14.5. The number of aliphatic hydroxyl groups is 2. The van der Waals surface area contributed by atoms with Gasteiger partial charge < -0.3 is 20.0 Å². The minimum atomic E-state index is -5.90. The fourth-order valence-electron chi connectivity index (χ4n) is 6.14. The summed E-state index contributed by atoms with van der Waals surface area (Å²) in [6, 6.07) is 1.68. The molecule has 0 aromatic heterocycles. The third-order valence-electron chi connectivity index (χ3n) is 8.76. The molecule has 0 spiro atoms. The highest BCUT2D eigenvalue weighted by atomic mass is 32.2. The number of carbonyl (C=O) groups is 2. The second kappa shape index (κ2) is 17.6. The molecule has 2 heterocycles. The molecule has 0 bridgehead atoms. The molecule has 21 heteroatoms. The first-order valence-electron chi connectivity index (χ1n) is 16.5. The monoisotopic (exact) mass is 822 g/mol. The summed E-state index contributed by atoms with van der Waals surface area (Å²) >= 11 is -0.608. The van der Waals surface area contributed by atoms with Crippen LogP contribution in [0, 0.1) is 0 Å². The van der Waals surface area contributed by atoms with Crippen molar-refractivity contribution in [2.24, 2.45) is 0 Å². The first-order valence-corrected chi connectivity index (χ1v) is 17.3. The van der Waals surface area contributed by atoms with E-state index < -0.39 is 91.5 Å². The Balaban J connectivity index is 1.75. The fraction of sp³-hybridized carbons (Fsp3) is 0.471. The van der Waals surface area contributed by atoms with Crippen LogP contribution in [0.5, 0.6) is 0 Å². The Morgan fingerprint density at radius 2 is 0.836 bits per heavy atom. The van der Waals surface area contributed by atoms with Crippen LogP contribution in [-0.2, 0) is 34.3 Å². The number of carbonyl (C=O) groups excluding carboxylic acids is 2. The molecule has 0 unspecified atom stereocenters. The van der Waals surface area contributed by atoms with Crippen molar-refractivity contribution in [1.82, 2.24) is 19.6 Å². The lowest BCUT2D eigenvalue weighted by atomic mass is 9.99. The number of hydrogen-bond acceptors (Lipinski definition) is 7. The van der Waals surface area contributed by atoms with Crippen molar-refractivity contribution in [2.45, 2.75) is 34.5 Å². The largest absolute Gasteiger partial charge is 0.418 e. The van der Waals surface area contributed by atoms with Gasteiger partial charge in [-0.05, 0) is 35.4 Å². The van der Waals surface area contributed by atoms with Gasteiger partial charge in [0.1, 0.15) is 0 Å². The van der Waals surface area contributed by atoms with E-state index in [1.54, 1.807) is 9.80 Å². The SMILES string of the molecule is O=C(C=Cc1ccc(Sc2ccc(C=CC(=O)N3CCN(CCO)CC3)c(C(F)(F)F)c2C(F)(F)F)c(C(F)(F)F)c1C(F)(F)F)N1CCN(CCO)CC1. The number of alkyl halides is 12. The molecule has 2 N–H and O–H groups in total. The zero-order valence-electron chi connectivity index (χ0n) is 28.5. The standard InChI is InChI=1S/C34H34F12N4O4S/c35-31(36,37)27-21(3-7-25(53)49-13-9-47(10-14-49)17-19-51)1-5-23(29(27)33(41,42)43)55-24-6-2-22(28(32(38,39)40)30(24)34(44,45)46)4-8-26(54)50-15-11-48(12-16-50)18-20-52/h1-8,51-52H,9-20H2. The fourth-order valence-corrected chi connectivity index (χ4v) is 7.29. The van der Waals surface area contributed by atoms with Gasteiger partial charge in [-0.3, -0.25) is 19.4 Å². The number of aliphatic hydroxyl groups excluding tert-OH is 2. The molecule has 304 valence electrons. The minimum Gasteiger partial charge on any atom is -0.395 e. The van der Waals surface area contributed by atoms with Gasteiger partial charge in [0.2, 0.25) is 11.8 Å². The molecule has 0 saturated carbocycles. The van der Waals surface area contributed by atoms with Crippen LogP contribution in [0.25, 0.3) is 12.2 Å². The van der Waals surface area contributed by atoms with Crippen LogP contribution < -0.4 is 0 Å². The second-order valence-corrected chi connectivity index (χ2v) is 13.4. The predicted molar refractivity (Wildman–Crippen MR) is 175 cm³/mol. The maximum absolute atomic E-state index is 14.5. The van der Waals surface area contributed by atoms with Crippen LogP contribution in [0.3, 0.4) is 0 Å². The lowest BCUT2D eigenvalue weighted by molar-refractivity contribution is -0.164. The highest BCUT2D eigenvalue weighted by Gasteiger charge is 2.49. The molecule has 0 radical (unpaired) electrons. The number of nitrogens with zero attached hydrogens (tertiary/aromatic N) is 4. The Bertz CT molecular complexity index is 1620. The molecule has 0 atom stereocenters. The number of benzene rings is 2. The first-order chi connectivity index (χ1) is 25.6. The molecule has 2 aromatic rings. The van der Waals surface area contributed by atoms with E-state index in [1.165, 1.54) is 9.80 Å². The van der Waals surface area contributed by atoms with Crippen LogP contribution in [0.1, 0.15) is 33.4 Å². The topological polar surface area (TPSA) is 87.6 Å². The van der Waals surface area contributed by atoms with Gasteiger partial charge >= 0.3 is 24.7 Å². The summed E-state index contributed by atoms with van der Waals surface area (Å²) in [5, 5.41) is 18.1. The summed E-state index contributed by atoms with van der Waals surface area (Å²) in [6.07, 6.45) is -21.3. The van der Waals surface area contributed by atoms with E-state index >= 15 is 0 Å². The number of amides is 2. The Labute approximate surface area is 310 Å². The molecular formula is C34H34F12N4O4S. The average molecular weight is 823 g/mol. The summed E-state index contributed by atoms with van der Waals surface area (Å²) < 4.78 is 173. The zero-order chi connectivity index (χ0) is 40.9. The summed E-state index contributed by atoms with van der Waals surface area (Å²) in [5.74, 6) is -1.70. The van der Waals surface area contributed by atoms with Crippen molar-refractivity contribution in [3.8, 4) is 0 Å². The summed E-state index contributed by atoms with van der Waals surface area (Å²) in [5.41, 5.74) is -12.1. The van der Waals surface area contributed by atoms with Crippen LogP contribution in [0.15, 0.2) is 46.2 Å². The molecule has 2 aliphatic heterocycles. The summed E-state index contributed by atoms with van der Waals surface area (Å²) in [7, 11) is 0. The van der Waals surface area contributed by atoms with Crippen molar-refractivity contribution in [2.75, 3.05) is 78.7 Å². The highest BCUT2D eigenvalue weighted by molar-refractivity contribution is 7.99. The molecule has 55 heavy (non-hydrogen) atoms. The van der Waals surface area contributed by atoms with E-state index in [0.717, 1.165) is 0 Å². The molecule has 4 rings (SSSR count). The molecule has 2 aromatic carbocycles. The van der Waals surface area contributed by atoms with Gasteiger partial charge in [0.05, 0.1) is 35.5 Å². The second-order valence-electron chi connectivity index (χ2n) is 12.3. The Hall–Kier alpha value is -3.79. The number of rotatable bonds is 10. The smallest absolute Gasteiger partial charge is 0.395 e. The molecule has 2 aliphatic rings. The molecule has 2 fully saturated rings. The molecular weight excluding hydrogens is 788 g/mol. The third kappa shape index (κ3) is 11.2. The molecule has 2 saturated heterocycles.